The number of nitrogens with one attached hydrogen (secondary N) is 3. The van der Waals surface area contributed by atoms with E-state index in [-0.39, 0.29) is 30.9 Å². The molecule has 6 heteroatoms. The lowest BCUT2D eigenvalue weighted by molar-refractivity contribution is -0.121. The van der Waals surface area contributed by atoms with E-state index in [1.54, 1.807) is 18.2 Å². The van der Waals surface area contributed by atoms with E-state index in [0.29, 0.717) is 10.7 Å². The summed E-state index contributed by atoms with van der Waals surface area (Å²) in [4.78, 5) is 24.4. The van der Waals surface area contributed by atoms with Crippen molar-refractivity contribution in [2.45, 2.75) is 12.5 Å². The Labute approximate surface area is 175 Å². The molecule has 0 aliphatic rings. The molecule has 0 heterocycles. The molecular formula is C23H22ClN3O2. The first-order valence-corrected chi connectivity index (χ1v) is 9.69. The summed E-state index contributed by atoms with van der Waals surface area (Å²) in [5.74, 6) is -0.168. The maximum atomic E-state index is 12.5. The third kappa shape index (κ3) is 6.36. The zero-order valence-electron chi connectivity index (χ0n) is 15.8. The number of carbonyl (C=O) groups excluding carboxylic acids is 2. The maximum Gasteiger partial charge on any atom is 0.319 e. The lowest BCUT2D eigenvalue weighted by atomic mass is 9.98. The summed E-state index contributed by atoms with van der Waals surface area (Å²) < 4.78 is 0. The van der Waals surface area contributed by atoms with E-state index in [9.17, 15) is 9.59 Å². The van der Waals surface area contributed by atoms with Gasteiger partial charge < -0.3 is 16.0 Å². The molecule has 0 saturated heterocycles. The lowest BCUT2D eigenvalue weighted by Crippen LogP contribution is -2.35. The van der Waals surface area contributed by atoms with Gasteiger partial charge in [-0.05, 0) is 35.4 Å². The number of para-hydroxylation sites is 1. The molecule has 1 unspecified atom stereocenters. The minimum absolute atomic E-state index is 0.159. The molecule has 3 amide bonds. The monoisotopic (exact) mass is 407 g/mol. The lowest BCUT2D eigenvalue weighted by Gasteiger charge is -2.20. The van der Waals surface area contributed by atoms with Gasteiger partial charge in [0, 0.05) is 23.7 Å². The number of carbonyl (C=O) groups is 2. The predicted octanol–water partition coefficient (Wildman–Crippen LogP) is 4.76. The van der Waals surface area contributed by atoms with Gasteiger partial charge in [-0.1, -0.05) is 72.3 Å². The first-order chi connectivity index (χ1) is 14.1. The third-order valence-corrected chi connectivity index (χ3v) is 4.52. The van der Waals surface area contributed by atoms with Crippen molar-refractivity contribution < 1.29 is 9.59 Å². The van der Waals surface area contributed by atoms with E-state index < -0.39 is 0 Å². The molecule has 3 N–H and O–H groups in total. The Kier molecular flexibility index (Phi) is 7.25. The Balaban J connectivity index is 1.57. The van der Waals surface area contributed by atoms with Crippen LogP contribution < -0.4 is 16.0 Å². The molecule has 0 aliphatic carbocycles. The van der Waals surface area contributed by atoms with Gasteiger partial charge in [-0.25, -0.2) is 4.79 Å². The van der Waals surface area contributed by atoms with Crippen molar-refractivity contribution in [3.05, 3.63) is 101 Å². The van der Waals surface area contributed by atoms with Crippen molar-refractivity contribution in [1.29, 1.82) is 0 Å². The van der Waals surface area contributed by atoms with Gasteiger partial charge in [0.1, 0.15) is 0 Å². The van der Waals surface area contributed by atoms with Gasteiger partial charge in [0.2, 0.25) is 5.91 Å². The van der Waals surface area contributed by atoms with Crippen LogP contribution in [-0.4, -0.2) is 18.5 Å². The average Bonchev–Trinajstić information content (AvgIpc) is 2.73. The number of hydrogen-bond acceptors (Lipinski definition) is 2. The Morgan fingerprint density at radius 3 is 2.17 bits per heavy atom. The normalized spacial score (nSPS) is 11.3. The number of urea groups is 1. The average molecular weight is 408 g/mol. The summed E-state index contributed by atoms with van der Waals surface area (Å²) in [5.41, 5.74) is 2.55. The highest BCUT2D eigenvalue weighted by Crippen LogP contribution is 2.24. The molecule has 0 aliphatic heterocycles. The van der Waals surface area contributed by atoms with Crippen LogP contribution in [0.3, 0.4) is 0 Å². The summed E-state index contributed by atoms with van der Waals surface area (Å²) in [6, 6.07) is 25.6. The predicted molar refractivity (Wildman–Crippen MR) is 116 cm³/mol. The van der Waals surface area contributed by atoms with Gasteiger partial charge in [0.05, 0.1) is 6.04 Å². The topological polar surface area (TPSA) is 70.2 Å². The molecule has 0 fully saturated rings. The molecule has 0 aromatic heterocycles. The van der Waals surface area contributed by atoms with Crippen LogP contribution in [0.5, 0.6) is 0 Å². The fourth-order valence-corrected chi connectivity index (χ4v) is 3.11. The Hall–Kier alpha value is -3.31. The van der Waals surface area contributed by atoms with Gasteiger partial charge in [-0.3, -0.25) is 4.79 Å². The Morgan fingerprint density at radius 2 is 1.48 bits per heavy atom. The van der Waals surface area contributed by atoms with Crippen molar-refractivity contribution >= 4 is 29.2 Å². The molecule has 5 nitrogen and oxygen atoms in total. The number of rotatable bonds is 7. The second kappa shape index (κ2) is 10.3. The van der Waals surface area contributed by atoms with Crippen LogP contribution in [0, 0.1) is 0 Å². The number of amides is 3. The van der Waals surface area contributed by atoms with E-state index in [0.717, 1.165) is 11.1 Å². The van der Waals surface area contributed by atoms with Crippen LogP contribution in [0.4, 0.5) is 10.5 Å². The van der Waals surface area contributed by atoms with Crippen molar-refractivity contribution in [3.63, 3.8) is 0 Å². The van der Waals surface area contributed by atoms with E-state index in [1.807, 2.05) is 66.7 Å². The summed E-state index contributed by atoms with van der Waals surface area (Å²) in [6.45, 7) is 0.224. The van der Waals surface area contributed by atoms with Crippen LogP contribution in [0.15, 0.2) is 84.9 Å². The molecule has 3 aromatic carbocycles. The highest BCUT2D eigenvalue weighted by atomic mass is 35.5. The van der Waals surface area contributed by atoms with E-state index in [4.69, 9.17) is 11.6 Å². The molecule has 1 atom stereocenters. The molecule has 0 spiro atoms. The highest BCUT2D eigenvalue weighted by Gasteiger charge is 2.17. The van der Waals surface area contributed by atoms with Crippen molar-refractivity contribution in [2.75, 3.05) is 11.9 Å². The van der Waals surface area contributed by atoms with Crippen molar-refractivity contribution in [2.24, 2.45) is 0 Å². The van der Waals surface area contributed by atoms with Crippen molar-refractivity contribution in [1.82, 2.24) is 10.6 Å². The summed E-state index contributed by atoms with van der Waals surface area (Å²) in [6.07, 6.45) is 0.159. The maximum absolute atomic E-state index is 12.5. The quantitative estimate of drug-likeness (QED) is 0.528. The molecular weight excluding hydrogens is 386 g/mol. The standard InChI is InChI=1S/C23H22ClN3O2/c24-19-11-7-10-18(16-19)22(17-8-3-1-4-9-17)27-21(28)14-15-25-23(29)26-20-12-5-2-6-13-20/h1-13,16,22H,14-15H2,(H,27,28)(H2,25,26,29). The van der Waals surface area contributed by atoms with Crippen LogP contribution in [0.25, 0.3) is 0 Å². The number of halogens is 1. The van der Waals surface area contributed by atoms with Crippen molar-refractivity contribution in [3.8, 4) is 0 Å². The van der Waals surface area contributed by atoms with Crippen LogP contribution >= 0.6 is 11.6 Å². The van der Waals surface area contributed by atoms with Gasteiger partial charge in [0.15, 0.2) is 0 Å². The number of hydrogen-bond donors (Lipinski definition) is 3. The van der Waals surface area contributed by atoms with Gasteiger partial charge in [-0.2, -0.15) is 0 Å². The summed E-state index contributed by atoms with van der Waals surface area (Å²) >= 11 is 6.13. The van der Waals surface area contributed by atoms with Gasteiger partial charge >= 0.3 is 6.03 Å². The fraction of sp³-hybridized carbons (Fsp3) is 0.130. The first kappa shape index (κ1) is 20.4. The second-order valence-electron chi connectivity index (χ2n) is 6.46. The number of anilines is 1. The smallest absolute Gasteiger partial charge is 0.319 e. The highest BCUT2D eigenvalue weighted by molar-refractivity contribution is 6.30. The zero-order chi connectivity index (χ0) is 20.5. The van der Waals surface area contributed by atoms with Crippen LogP contribution in [0.1, 0.15) is 23.6 Å². The summed E-state index contributed by atoms with van der Waals surface area (Å²) in [5, 5.41) is 9.05. The SMILES string of the molecule is O=C(CCNC(=O)Nc1ccccc1)NC(c1ccccc1)c1cccc(Cl)c1. The van der Waals surface area contributed by atoms with E-state index >= 15 is 0 Å². The van der Waals surface area contributed by atoms with Crippen LogP contribution in [-0.2, 0) is 4.79 Å². The van der Waals surface area contributed by atoms with Gasteiger partial charge in [0.25, 0.3) is 0 Å². The van der Waals surface area contributed by atoms with Crippen LogP contribution in [0.2, 0.25) is 5.02 Å². The Bertz CT molecular complexity index is 949. The second-order valence-corrected chi connectivity index (χ2v) is 6.90. The van der Waals surface area contributed by atoms with Gasteiger partial charge in [-0.15, -0.1) is 0 Å². The molecule has 29 heavy (non-hydrogen) atoms. The molecule has 0 saturated carbocycles. The minimum atomic E-state index is -0.349. The molecule has 3 rings (SSSR count). The summed E-state index contributed by atoms with van der Waals surface area (Å²) in [7, 11) is 0. The largest absolute Gasteiger partial charge is 0.345 e. The minimum Gasteiger partial charge on any atom is -0.345 e. The molecule has 0 radical (unpaired) electrons. The third-order valence-electron chi connectivity index (χ3n) is 4.29. The molecule has 0 bridgehead atoms. The molecule has 3 aromatic rings. The molecule has 148 valence electrons. The van der Waals surface area contributed by atoms with E-state index in [2.05, 4.69) is 16.0 Å². The van der Waals surface area contributed by atoms with E-state index in [1.165, 1.54) is 0 Å². The fourth-order valence-electron chi connectivity index (χ4n) is 2.91. The number of benzene rings is 3. The first-order valence-electron chi connectivity index (χ1n) is 9.31. The Morgan fingerprint density at radius 1 is 0.828 bits per heavy atom. The zero-order valence-corrected chi connectivity index (χ0v) is 16.5.